The molecule has 0 saturated heterocycles. The van der Waals surface area contributed by atoms with Crippen molar-refractivity contribution in [3.8, 4) is 0 Å². The predicted molar refractivity (Wildman–Crippen MR) is 80.1 cm³/mol. The van der Waals surface area contributed by atoms with Gasteiger partial charge in [-0.25, -0.2) is 4.79 Å². The maximum absolute atomic E-state index is 13.1. The summed E-state index contributed by atoms with van der Waals surface area (Å²) in [7, 11) is 0. The highest BCUT2D eigenvalue weighted by atomic mass is 19.4. The standard InChI is InChI=1S/C15H16F3N3O3/c16-15(17,18)13(21-7-6-12(19)20-14(21)22)24-9-8-23-10-11-4-2-1-3-5-11/h1-7,13H,8-10H2,(H2,19,20,22). The molecule has 0 radical (unpaired) electrons. The number of nitrogen functional groups attached to an aromatic ring is 1. The van der Waals surface area contributed by atoms with Crippen LogP contribution in [0.4, 0.5) is 19.0 Å². The van der Waals surface area contributed by atoms with Crippen molar-refractivity contribution in [1.29, 1.82) is 0 Å². The number of hydrogen-bond acceptors (Lipinski definition) is 5. The van der Waals surface area contributed by atoms with Gasteiger partial charge in [0.1, 0.15) is 5.82 Å². The number of halogens is 3. The van der Waals surface area contributed by atoms with Crippen molar-refractivity contribution < 1.29 is 22.6 Å². The minimum absolute atomic E-state index is 0.0569. The Morgan fingerprint density at radius 3 is 2.50 bits per heavy atom. The maximum Gasteiger partial charge on any atom is 0.434 e. The monoisotopic (exact) mass is 343 g/mol. The van der Waals surface area contributed by atoms with E-state index < -0.39 is 18.1 Å². The highest BCUT2D eigenvalue weighted by Crippen LogP contribution is 2.30. The molecule has 1 aromatic heterocycles. The summed E-state index contributed by atoms with van der Waals surface area (Å²) in [6.07, 6.45) is -6.33. The third-order valence-electron chi connectivity index (χ3n) is 3.00. The Morgan fingerprint density at radius 1 is 1.17 bits per heavy atom. The molecule has 0 aliphatic heterocycles. The van der Waals surface area contributed by atoms with E-state index in [9.17, 15) is 18.0 Å². The van der Waals surface area contributed by atoms with Crippen LogP contribution in [0.5, 0.6) is 0 Å². The van der Waals surface area contributed by atoms with Crippen molar-refractivity contribution >= 4 is 5.82 Å². The van der Waals surface area contributed by atoms with Crippen LogP contribution in [0.1, 0.15) is 11.8 Å². The van der Waals surface area contributed by atoms with Gasteiger partial charge in [0, 0.05) is 6.20 Å². The number of benzene rings is 1. The molecule has 2 N–H and O–H groups in total. The largest absolute Gasteiger partial charge is 0.434 e. The zero-order valence-electron chi connectivity index (χ0n) is 12.6. The first kappa shape index (κ1) is 18.0. The molecule has 1 aromatic carbocycles. The number of nitrogens with zero attached hydrogens (tertiary/aromatic N) is 2. The maximum atomic E-state index is 13.1. The quantitative estimate of drug-likeness (QED) is 0.779. The van der Waals surface area contributed by atoms with E-state index in [1.165, 1.54) is 0 Å². The summed E-state index contributed by atoms with van der Waals surface area (Å²) in [6, 6.07) is 10.3. The Hall–Kier alpha value is -2.39. The van der Waals surface area contributed by atoms with Crippen LogP contribution in [0.25, 0.3) is 0 Å². The summed E-state index contributed by atoms with van der Waals surface area (Å²) in [4.78, 5) is 14.8. The van der Waals surface area contributed by atoms with Gasteiger partial charge in [-0.3, -0.25) is 4.57 Å². The van der Waals surface area contributed by atoms with Crippen LogP contribution in [-0.2, 0) is 16.1 Å². The smallest absolute Gasteiger partial charge is 0.383 e. The lowest BCUT2D eigenvalue weighted by molar-refractivity contribution is -0.253. The van der Waals surface area contributed by atoms with Gasteiger partial charge >= 0.3 is 11.9 Å². The molecule has 0 fully saturated rings. The van der Waals surface area contributed by atoms with Crippen molar-refractivity contribution in [3.63, 3.8) is 0 Å². The SMILES string of the molecule is Nc1ccn(C(OCCOCc2ccccc2)C(F)(F)F)c(=O)n1. The third-order valence-corrected chi connectivity index (χ3v) is 3.00. The minimum Gasteiger partial charge on any atom is -0.383 e. The molecule has 0 saturated carbocycles. The van der Waals surface area contributed by atoms with E-state index in [-0.39, 0.29) is 25.6 Å². The van der Waals surface area contributed by atoms with Crippen molar-refractivity contribution in [3.05, 3.63) is 58.6 Å². The van der Waals surface area contributed by atoms with Gasteiger partial charge in [-0.2, -0.15) is 18.2 Å². The molecule has 0 amide bonds. The lowest BCUT2D eigenvalue weighted by atomic mass is 10.2. The van der Waals surface area contributed by atoms with E-state index in [1.54, 1.807) is 0 Å². The number of alkyl halides is 3. The van der Waals surface area contributed by atoms with E-state index in [4.69, 9.17) is 15.2 Å². The molecule has 0 spiro atoms. The van der Waals surface area contributed by atoms with Crippen LogP contribution in [-0.4, -0.2) is 28.9 Å². The summed E-state index contributed by atoms with van der Waals surface area (Å²) in [6.45, 7) is -0.142. The lowest BCUT2D eigenvalue weighted by Crippen LogP contribution is -2.37. The van der Waals surface area contributed by atoms with Crippen molar-refractivity contribution in [2.45, 2.75) is 19.0 Å². The molecule has 24 heavy (non-hydrogen) atoms. The van der Waals surface area contributed by atoms with Crippen molar-refractivity contribution in [2.24, 2.45) is 0 Å². The summed E-state index contributed by atoms with van der Waals surface area (Å²) < 4.78 is 49.6. The molecule has 0 bridgehead atoms. The van der Waals surface area contributed by atoms with E-state index in [0.717, 1.165) is 17.8 Å². The van der Waals surface area contributed by atoms with Gasteiger partial charge in [-0.15, -0.1) is 0 Å². The van der Waals surface area contributed by atoms with Crippen molar-refractivity contribution in [2.75, 3.05) is 18.9 Å². The molecular formula is C15H16F3N3O3. The van der Waals surface area contributed by atoms with Gasteiger partial charge in [0.15, 0.2) is 0 Å². The van der Waals surface area contributed by atoms with Gasteiger partial charge in [-0.05, 0) is 11.6 Å². The van der Waals surface area contributed by atoms with Crippen LogP contribution in [0.3, 0.4) is 0 Å². The molecule has 2 rings (SSSR count). The van der Waals surface area contributed by atoms with Gasteiger partial charge < -0.3 is 15.2 Å². The summed E-state index contributed by atoms with van der Waals surface area (Å²) in [5.41, 5.74) is 5.02. The Labute approximate surface area is 135 Å². The number of ether oxygens (including phenoxy) is 2. The Balaban J connectivity index is 1.92. The molecule has 1 unspecified atom stereocenters. The van der Waals surface area contributed by atoms with Gasteiger partial charge in [0.05, 0.1) is 19.8 Å². The second kappa shape index (κ2) is 7.93. The Morgan fingerprint density at radius 2 is 1.88 bits per heavy atom. The third kappa shape index (κ3) is 5.07. The first-order valence-electron chi connectivity index (χ1n) is 7.02. The summed E-state index contributed by atoms with van der Waals surface area (Å²) in [5.74, 6) is -0.164. The molecular weight excluding hydrogens is 327 g/mol. The number of anilines is 1. The van der Waals surface area contributed by atoms with Gasteiger partial charge in [0.25, 0.3) is 0 Å². The predicted octanol–water partition coefficient (Wildman–Crippen LogP) is 2.12. The zero-order valence-corrected chi connectivity index (χ0v) is 12.6. The van der Waals surface area contributed by atoms with Crippen LogP contribution >= 0.6 is 0 Å². The Bertz CT molecular complexity index is 704. The first-order valence-corrected chi connectivity index (χ1v) is 7.02. The van der Waals surface area contributed by atoms with E-state index >= 15 is 0 Å². The number of aromatic nitrogens is 2. The van der Waals surface area contributed by atoms with Crippen LogP contribution < -0.4 is 11.4 Å². The fraction of sp³-hybridized carbons (Fsp3) is 0.333. The minimum atomic E-state index is -4.78. The fourth-order valence-corrected chi connectivity index (χ4v) is 1.92. The summed E-state index contributed by atoms with van der Waals surface area (Å²) in [5, 5.41) is 0. The number of rotatable bonds is 7. The van der Waals surface area contributed by atoms with E-state index in [0.29, 0.717) is 4.57 Å². The van der Waals surface area contributed by atoms with Crippen LogP contribution in [0, 0.1) is 0 Å². The lowest BCUT2D eigenvalue weighted by Gasteiger charge is -2.22. The second-order valence-electron chi connectivity index (χ2n) is 4.85. The molecule has 9 heteroatoms. The molecule has 1 heterocycles. The van der Waals surface area contributed by atoms with Crippen molar-refractivity contribution in [1.82, 2.24) is 9.55 Å². The molecule has 130 valence electrons. The number of nitrogens with two attached hydrogens (primary N) is 1. The average Bonchev–Trinajstić information content (AvgIpc) is 2.52. The van der Waals surface area contributed by atoms with Gasteiger partial charge in [-0.1, -0.05) is 30.3 Å². The number of hydrogen-bond donors (Lipinski definition) is 1. The highest BCUT2D eigenvalue weighted by molar-refractivity contribution is 5.23. The topological polar surface area (TPSA) is 79.4 Å². The van der Waals surface area contributed by atoms with Crippen LogP contribution in [0.15, 0.2) is 47.4 Å². The van der Waals surface area contributed by atoms with Crippen LogP contribution in [0.2, 0.25) is 0 Å². The van der Waals surface area contributed by atoms with E-state index in [1.807, 2.05) is 30.3 Å². The molecule has 0 aliphatic carbocycles. The molecule has 1 atom stereocenters. The Kier molecular flexibility index (Phi) is 5.93. The normalized spacial score (nSPS) is 13.0. The zero-order chi connectivity index (χ0) is 17.6. The average molecular weight is 343 g/mol. The molecule has 2 aromatic rings. The second-order valence-corrected chi connectivity index (χ2v) is 4.85. The fourth-order valence-electron chi connectivity index (χ4n) is 1.92. The van der Waals surface area contributed by atoms with E-state index in [2.05, 4.69) is 4.98 Å². The highest BCUT2D eigenvalue weighted by Gasteiger charge is 2.43. The summed E-state index contributed by atoms with van der Waals surface area (Å²) >= 11 is 0. The molecule has 0 aliphatic rings. The first-order chi connectivity index (χ1) is 11.4. The van der Waals surface area contributed by atoms with Gasteiger partial charge in [0.2, 0.25) is 6.23 Å². The molecule has 6 nitrogen and oxygen atoms in total.